The van der Waals surface area contributed by atoms with Crippen LogP contribution in [0.3, 0.4) is 0 Å². The van der Waals surface area contributed by atoms with Crippen LogP contribution in [-0.4, -0.2) is 21.5 Å². The van der Waals surface area contributed by atoms with Crippen molar-refractivity contribution in [3.63, 3.8) is 0 Å². The number of aromatic nitrogens is 2. The predicted molar refractivity (Wildman–Crippen MR) is 84.2 cm³/mol. The second kappa shape index (κ2) is 5.85. The van der Waals surface area contributed by atoms with Crippen molar-refractivity contribution in [2.45, 2.75) is 51.6 Å². The van der Waals surface area contributed by atoms with E-state index in [1.54, 1.807) is 0 Å². The lowest BCUT2D eigenvalue weighted by Crippen LogP contribution is -2.23. The number of aryl methyl sites for hydroxylation is 2. The Morgan fingerprint density at radius 2 is 2.29 bits per heavy atom. The Balaban J connectivity index is 1.85. The average Bonchev–Trinajstić information content (AvgIpc) is 2.59. The molecule has 3 rings (SSSR count). The van der Waals surface area contributed by atoms with Gasteiger partial charge in [-0.25, -0.2) is 4.98 Å². The van der Waals surface area contributed by atoms with E-state index in [0.29, 0.717) is 6.42 Å². The van der Waals surface area contributed by atoms with Crippen LogP contribution in [-0.2, 0) is 17.8 Å². The maximum absolute atomic E-state index is 11.8. The minimum Gasteiger partial charge on any atom is -0.328 e. The predicted octanol–water partition coefficient (Wildman–Crippen LogP) is 2.44. The van der Waals surface area contributed by atoms with Crippen molar-refractivity contribution in [3.05, 3.63) is 24.0 Å². The first kappa shape index (κ1) is 14.1. The van der Waals surface area contributed by atoms with Crippen LogP contribution >= 0.6 is 0 Å². The van der Waals surface area contributed by atoms with Crippen molar-refractivity contribution in [1.82, 2.24) is 9.55 Å². The maximum Gasteiger partial charge on any atom is 0.225 e. The molecular weight excluding hydrogens is 264 g/mol. The minimum atomic E-state index is -0.127. The van der Waals surface area contributed by atoms with Gasteiger partial charge in [-0.05, 0) is 38.0 Å². The third-order valence-electron chi connectivity index (χ3n) is 3.90. The van der Waals surface area contributed by atoms with Crippen LogP contribution in [0.5, 0.6) is 0 Å². The lowest BCUT2D eigenvalue weighted by Gasteiger charge is -2.08. The molecular formula is C16H22N4O. The number of carbonyl (C=O) groups excluding carboxylic acids is 1. The third-order valence-corrected chi connectivity index (χ3v) is 3.90. The molecule has 2 heterocycles. The number of nitrogens with one attached hydrogen (secondary N) is 1. The molecule has 5 nitrogen and oxygen atoms in total. The van der Waals surface area contributed by atoms with Crippen LogP contribution < -0.4 is 11.1 Å². The molecule has 0 aliphatic carbocycles. The summed E-state index contributed by atoms with van der Waals surface area (Å²) in [6.45, 7) is 2.87. The molecule has 1 aliphatic heterocycles. The van der Waals surface area contributed by atoms with Gasteiger partial charge >= 0.3 is 0 Å². The largest absolute Gasteiger partial charge is 0.328 e. The van der Waals surface area contributed by atoms with Gasteiger partial charge in [0.25, 0.3) is 0 Å². The molecule has 2 aromatic rings. The SMILES string of the molecule is CC(N)CC(=O)Nc1ccc2c(c1)nc1n2CCCCC1. The Kier molecular flexibility index (Phi) is 3.92. The first-order valence-electron chi connectivity index (χ1n) is 7.68. The van der Waals surface area contributed by atoms with E-state index in [-0.39, 0.29) is 11.9 Å². The summed E-state index contributed by atoms with van der Waals surface area (Å²) in [5.41, 5.74) is 8.56. The van der Waals surface area contributed by atoms with Crippen LogP contribution in [0.4, 0.5) is 5.69 Å². The average molecular weight is 286 g/mol. The fraction of sp³-hybridized carbons (Fsp3) is 0.500. The maximum atomic E-state index is 11.8. The Morgan fingerprint density at radius 1 is 1.43 bits per heavy atom. The summed E-state index contributed by atoms with van der Waals surface area (Å²) in [6, 6.07) is 5.83. The number of imidazole rings is 1. The van der Waals surface area contributed by atoms with Gasteiger partial charge in [0, 0.05) is 31.1 Å². The molecule has 0 radical (unpaired) electrons. The van der Waals surface area contributed by atoms with E-state index in [9.17, 15) is 4.79 Å². The van der Waals surface area contributed by atoms with E-state index in [4.69, 9.17) is 10.7 Å². The number of nitrogens with two attached hydrogens (primary N) is 1. The lowest BCUT2D eigenvalue weighted by molar-refractivity contribution is -0.116. The normalized spacial score (nSPS) is 16.3. The molecule has 1 atom stereocenters. The Morgan fingerprint density at radius 3 is 3.10 bits per heavy atom. The molecule has 1 unspecified atom stereocenters. The van der Waals surface area contributed by atoms with Crippen LogP contribution in [0.1, 0.15) is 38.4 Å². The molecule has 0 bridgehead atoms. The Labute approximate surface area is 124 Å². The van der Waals surface area contributed by atoms with Gasteiger partial charge in [0.1, 0.15) is 5.82 Å². The van der Waals surface area contributed by atoms with Gasteiger partial charge in [-0.15, -0.1) is 0 Å². The number of carbonyl (C=O) groups is 1. The van der Waals surface area contributed by atoms with E-state index in [2.05, 4.69) is 16.0 Å². The highest BCUT2D eigenvalue weighted by Gasteiger charge is 2.14. The fourth-order valence-electron chi connectivity index (χ4n) is 2.93. The van der Waals surface area contributed by atoms with Crippen LogP contribution in [0.2, 0.25) is 0 Å². The fourth-order valence-corrected chi connectivity index (χ4v) is 2.93. The molecule has 0 spiro atoms. The molecule has 3 N–H and O–H groups in total. The highest BCUT2D eigenvalue weighted by Crippen LogP contribution is 2.24. The molecule has 1 amide bonds. The summed E-state index contributed by atoms with van der Waals surface area (Å²) in [4.78, 5) is 16.5. The zero-order chi connectivity index (χ0) is 14.8. The smallest absolute Gasteiger partial charge is 0.225 e. The van der Waals surface area contributed by atoms with Gasteiger partial charge < -0.3 is 15.6 Å². The topological polar surface area (TPSA) is 72.9 Å². The number of fused-ring (bicyclic) bond motifs is 3. The Bertz CT molecular complexity index is 660. The standard InChI is InChI=1S/C16H22N4O/c1-11(17)9-16(21)18-12-6-7-14-13(10-12)19-15-5-3-2-4-8-20(14)15/h6-7,10-11H,2-5,8-9,17H2,1H3,(H,18,21). The third kappa shape index (κ3) is 3.08. The zero-order valence-electron chi connectivity index (χ0n) is 12.4. The van der Waals surface area contributed by atoms with Crippen molar-refractivity contribution >= 4 is 22.6 Å². The molecule has 5 heteroatoms. The number of amides is 1. The van der Waals surface area contributed by atoms with Gasteiger partial charge in [-0.3, -0.25) is 4.79 Å². The summed E-state index contributed by atoms with van der Waals surface area (Å²) in [6.07, 6.45) is 5.07. The molecule has 1 aromatic carbocycles. The van der Waals surface area contributed by atoms with E-state index < -0.39 is 0 Å². The number of rotatable bonds is 3. The van der Waals surface area contributed by atoms with Gasteiger partial charge in [0.15, 0.2) is 0 Å². The summed E-state index contributed by atoms with van der Waals surface area (Å²) in [5, 5.41) is 2.89. The summed E-state index contributed by atoms with van der Waals surface area (Å²) < 4.78 is 2.32. The van der Waals surface area contributed by atoms with Crippen molar-refractivity contribution in [3.8, 4) is 0 Å². The summed E-state index contributed by atoms with van der Waals surface area (Å²) >= 11 is 0. The Hall–Kier alpha value is -1.88. The first-order chi connectivity index (χ1) is 10.1. The second-order valence-corrected chi connectivity index (χ2v) is 5.92. The van der Waals surface area contributed by atoms with Crippen molar-refractivity contribution in [2.75, 3.05) is 5.32 Å². The van der Waals surface area contributed by atoms with Gasteiger partial charge in [0.05, 0.1) is 11.0 Å². The number of anilines is 1. The molecule has 0 saturated heterocycles. The molecule has 0 fully saturated rings. The number of benzene rings is 1. The highest BCUT2D eigenvalue weighted by molar-refractivity contribution is 5.93. The molecule has 112 valence electrons. The van der Waals surface area contributed by atoms with Crippen LogP contribution in [0, 0.1) is 0 Å². The molecule has 1 aliphatic rings. The van der Waals surface area contributed by atoms with Crippen LogP contribution in [0.15, 0.2) is 18.2 Å². The number of hydrogen-bond donors (Lipinski definition) is 2. The number of hydrogen-bond acceptors (Lipinski definition) is 3. The summed E-state index contributed by atoms with van der Waals surface area (Å²) in [5.74, 6) is 1.12. The van der Waals surface area contributed by atoms with E-state index in [1.165, 1.54) is 25.1 Å². The lowest BCUT2D eigenvalue weighted by atomic mass is 10.2. The first-order valence-corrected chi connectivity index (χ1v) is 7.68. The zero-order valence-corrected chi connectivity index (χ0v) is 12.4. The molecule has 1 aromatic heterocycles. The molecule has 21 heavy (non-hydrogen) atoms. The summed E-state index contributed by atoms with van der Waals surface area (Å²) in [7, 11) is 0. The van der Waals surface area contributed by atoms with Gasteiger partial charge in [-0.1, -0.05) is 6.42 Å². The quantitative estimate of drug-likeness (QED) is 0.910. The molecule has 0 saturated carbocycles. The van der Waals surface area contributed by atoms with Gasteiger partial charge in [-0.2, -0.15) is 0 Å². The van der Waals surface area contributed by atoms with Gasteiger partial charge in [0.2, 0.25) is 5.91 Å². The van der Waals surface area contributed by atoms with E-state index >= 15 is 0 Å². The van der Waals surface area contributed by atoms with Crippen molar-refractivity contribution in [2.24, 2.45) is 5.73 Å². The van der Waals surface area contributed by atoms with Crippen molar-refractivity contribution < 1.29 is 4.79 Å². The van der Waals surface area contributed by atoms with Crippen molar-refractivity contribution in [1.29, 1.82) is 0 Å². The van der Waals surface area contributed by atoms with E-state index in [1.807, 2.05) is 19.1 Å². The van der Waals surface area contributed by atoms with E-state index in [0.717, 1.165) is 29.7 Å². The second-order valence-electron chi connectivity index (χ2n) is 5.92. The monoisotopic (exact) mass is 286 g/mol. The highest BCUT2D eigenvalue weighted by atomic mass is 16.1. The van der Waals surface area contributed by atoms with Crippen LogP contribution in [0.25, 0.3) is 11.0 Å². The minimum absolute atomic E-state index is 0.0508. The number of nitrogens with zero attached hydrogens (tertiary/aromatic N) is 2.